The van der Waals surface area contributed by atoms with Gasteiger partial charge in [0.2, 0.25) is 0 Å². The van der Waals surface area contributed by atoms with E-state index in [0.717, 1.165) is 22.9 Å². The second-order valence-electron chi connectivity index (χ2n) is 7.34. The van der Waals surface area contributed by atoms with Gasteiger partial charge in [0.25, 0.3) is 5.91 Å². The molecule has 1 aliphatic rings. The third-order valence-electron chi connectivity index (χ3n) is 5.04. The second-order valence-corrected chi connectivity index (χ2v) is 8.37. The quantitative estimate of drug-likeness (QED) is 0.557. The maximum atomic E-state index is 12.6. The predicted octanol–water partition coefficient (Wildman–Crippen LogP) is 2.14. The zero-order valence-corrected chi connectivity index (χ0v) is 17.6. The third-order valence-corrected chi connectivity index (χ3v) is 5.91. The lowest BCUT2D eigenvalue weighted by atomic mass is 10.0. The van der Waals surface area contributed by atoms with Gasteiger partial charge in [0.15, 0.2) is 0 Å². The van der Waals surface area contributed by atoms with Crippen LogP contribution in [0.15, 0.2) is 65.0 Å². The van der Waals surface area contributed by atoms with Crippen molar-refractivity contribution in [2.24, 2.45) is 4.99 Å². The first-order valence-electron chi connectivity index (χ1n) is 9.95. The molecule has 0 spiro atoms. The first kappa shape index (κ1) is 20.5. The molecule has 1 aliphatic heterocycles. The van der Waals surface area contributed by atoms with E-state index >= 15 is 0 Å². The van der Waals surface area contributed by atoms with Crippen LogP contribution in [0.3, 0.4) is 0 Å². The molecule has 6 heteroatoms. The number of benzene rings is 2. The molecule has 2 heterocycles. The Morgan fingerprint density at radius 2 is 1.97 bits per heavy atom. The van der Waals surface area contributed by atoms with E-state index in [1.54, 1.807) is 11.3 Å². The number of aryl methyl sites for hydroxylation is 1. The molecule has 1 amide bonds. The number of nitrogens with one attached hydrogen (secondary N) is 1. The molecule has 1 atom stereocenters. The Hall–Kier alpha value is -2.80. The average Bonchev–Trinajstić information content (AvgIpc) is 3.37. The van der Waals surface area contributed by atoms with Crippen molar-refractivity contribution < 1.29 is 14.6 Å². The van der Waals surface area contributed by atoms with Gasteiger partial charge in [-0.2, -0.15) is 0 Å². The summed E-state index contributed by atoms with van der Waals surface area (Å²) in [4.78, 5) is 18.1. The zero-order chi connectivity index (χ0) is 20.9. The molecule has 0 radical (unpaired) electrons. The maximum absolute atomic E-state index is 12.6. The van der Waals surface area contributed by atoms with Crippen LogP contribution in [-0.4, -0.2) is 30.3 Å². The molecular weight excluding hydrogens is 396 g/mol. The summed E-state index contributed by atoms with van der Waals surface area (Å²) < 4.78 is 5.85. The number of rotatable bonds is 9. The fourth-order valence-electron chi connectivity index (χ4n) is 3.54. The summed E-state index contributed by atoms with van der Waals surface area (Å²) in [6.45, 7) is 3.25. The van der Waals surface area contributed by atoms with Crippen LogP contribution in [0, 0.1) is 6.92 Å². The summed E-state index contributed by atoms with van der Waals surface area (Å²) in [5, 5.41) is 16.9. The van der Waals surface area contributed by atoms with Crippen LogP contribution in [-0.2, 0) is 17.8 Å². The maximum Gasteiger partial charge on any atom is 0.274 e. The van der Waals surface area contributed by atoms with Crippen molar-refractivity contribution in [2.75, 3.05) is 13.2 Å². The molecule has 0 saturated carbocycles. The number of carbonyl (C=O) groups is 1. The van der Waals surface area contributed by atoms with Crippen molar-refractivity contribution in [1.82, 2.24) is 5.32 Å². The van der Waals surface area contributed by atoms with Crippen LogP contribution >= 0.6 is 11.3 Å². The van der Waals surface area contributed by atoms with E-state index in [1.807, 2.05) is 60.8 Å². The van der Waals surface area contributed by atoms with Crippen molar-refractivity contribution in [3.8, 4) is 5.75 Å². The Morgan fingerprint density at radius 3 is 2.73 bits per heavy atom. The summed E-state index contributed by atoms with van der Waals surface area (Å²) >= 11 is 1.68. The number of aliphatic hydroxyl groups excluding tert-OH is 1. The van der Waals surface area contributed by atoms with Gasteiger partial charge in [-0.1, -0.05) is 42.5 Å². The van der Waals surface area contributed by atoms with Gasteiger partial charge >= 0.3 is 0 Å². The van der Waals surface area contributed by atoms with Gasteiger partial charge in [-0.3, -0.25) is 4.79 Å². The minimum absolute atomic E-state index is 0.130. The van der Waals surface area contributed by atoms with E-state index in [9.17, 15) is 9.90 Å². The van der Waals surface area contributed by atoms with E-state index in [0.29, 0.717) is 29.6 Å². The van der Waals surface area contributed by atoms with Crippen LogP contribution in [0.2, 0.25) is 0 Å². The molecule has 3 aromatic rings. The Kier molecular flexibility index (Phi) is 6.38. The number of fused-ring (bicyclic) bond motifs is 1. The van der Waals surface area contributed by atoms with Crippen molar-refractivity contribution in [2.45, 2.75) is 26.0 Å². The van der Waals surface area contributed by atoms with Gasteiger partial charge in [-0.05, 0) is 35.6 Å². The Balaban J connectivity index is 1.47. The van der Waals surface area contributed by atoms with Crippen molar-refractivity contribution in [3.63, 3.8) is 0 Å². The second kappa shape index (κ2) is 9.34. The van der Waals surface area contributed by atoms with Gasteiger partial charge in [0.05, 0.1) is 0 Å². The van der Waals surface area contributed by atoms with Gasteiger partial charge in [0.1, 0.15) is 23.8 Å². The number of ether oxygens (including phenoxy) is 1. The summed E-state index contributed by atoms with van der Waals surface area (Å²) in [7, 11) is 0. The molecule has 1 unspecified atom stereocenters. The molecular formula is C24H24N2O3S. The highest BCUT2D eigenvalue weighted by molar-refractivity contribution is 7.09. The Morgan fingerprint density at radius 1 is 1.13 bits per heavy atom. The lowest BCUT2D eigenvalue weighted by Gasteiger charge is -2.13. The van der Waals surface area contributed by atoms with E-state index in [2.05, 4.69) is 16.4 Å². The number of aliphatic hydroxyl groups is 1. The number of carbonyl (C=O) groups excluding carboxylic acids is 1. The van der Waals surface area contributed by atoms with Crippen LogP contribution in [0.4, 0.5) is 0 Å². The number of thiophene rings is 1. The molecule has 154 valence electrons. The highest BCUT2D eigenvalue weighted by atomic mass is 32.1. The van der Waals surface area contributed by atoms with Crippen LogP contribution in [0.1, 0.15) is 16.0 Å². The molecule has 2 N–H and O–H groups in total. The van der Waals surface area contributed by atoms with Gasteiger partial charge in [0, 0.05) is 35.2 Å². The number of amides is 1. The largest absolute Gasteiger partial charge is 0.489 e. The van der Waals surface area contributed by atoms with Crippen LogP contribution in [0.25, 0.3) is 5.57 Å². The summed E-state index contributed by atoms with van der Waals surface area (Å²) in [6.07, 6.45) is -0.123. The van der Waals surface area contributed by atoms with Gasteiger partial charge < -0.3 is 15.2 Å². The SMILES string of the molecule is Cc1ccc(OCC(O)CNCc2cccs2)c2c1=C(Cc1ccccc1)C(=O)N=2. The van der Waals surface area contributed by atoms with Crippen molar-refractivity contribution in [1.29, 1.82) is 0 Å². The van der Waals surface area contributed by atoms with Crippen molar-refractivity contribution in [3.05, 3.63) is 86.6 Å². The zero-order valence-electron chi connectivity index (χ0n) is 16.8. The standard InChI is InChI=1S/C24H24N2O3S/c1-16-9-10-21(29-15-18(27)13-25-14-19-8-5-11-30-19)23-22(16)20(24(28)26-23)12-17-6-3-2-4-7-17/h2-11,18,25,27H,12-15H2,1H3. The summed E-state index contributed by atoms with van der Waals surface area (Å²) in [6, 6.07) is 17.7. The molecule has 0 fully saturated rings. The van der Waals surface area contributed by atoms with E-state index in [-0.39, 0.29) is 12.5 Å². The molecule has 0 bridgehead atoms. The smallest absolute Gasteiger partial charge is 0.274 e. The van der Waals surface area contributed by atoms with E-state index in [1.165, 1.54) is 4.88 Å². The fraction of sp³-hybridized carbons (Fsp3) is 0.250. The normalized spacial score (nSPS) is 13.8. The molecule has 30 heavy (non-hydrogen) atoms. The molecule has 5 nitrogen and oxygen atoms in total. The van der Waals surface area contributed by atoms with Gasteiger partial charge in [-0.15, -0.1) is 11.3 Å². The molecule has 4 rings (SSSR count). The topological polar surface area (TPSA) is 70.9 Å². The minimum atomic E-state index is -0.660. The molecule has 0 saturated heterocycles. The highest BCUT2D eigenvalue weighted by Gasteiger charge is 2.21. The van der Waals surface area contributed by atoms with E-state index in [4.69, 9.17) is 4.74 Å². The Labute approximate surface area is 179 Å². The lowest BCUT2D eigenvalue weighted by Crippen LogP contribution is -2.33. The van der Waals surface area contributed by atoms with Crippen LogP contribution in [0.5, 0.6) is 5.75 Å². The lowest BCUT2D eigenvalue weighted by molar-refractivity contribution is -0.112. The van der Waals surface area contributed by atoms with Crippen LogP contribution < -0.4 is 20.6 Å². The third kappa shape index (κ3) is 4.67. The first-order valence-corrected chi connectivity index (χ1v) is 10.8. The first-order chi connectivity index (χ1) is 14.6. The monoisotopic (exact) mass is 420 g/mol. The predicted molar refractivity (Wildman–Crippen MR) is 118 cm³/mol. The summed E-state index contributed by atoms with van der Waals surface area (Å²) in [5.74, 6) is 0.315. The average molecular weight is 421 g/mol. The molecule has 2 aromatic carbocycles. The molecule has 1 aromatic heterocycles. The van der Waals surface area contributed by atoms with E-state index < -0.39 is 6.10 Å². The number of hydrogen-bond donors (Lipinski definition) is 2. The van der Waals surface area contributed by atoms with Gasteiger partial charge in [-0.25, -0.2) is 4.99 Å². The summed E-state index contributed by atoms with van der Waals surface area (Å²) in [5.41, 5.74) is 2.76. The number of nitrogens with zero attached hydrogens (tertiary/aromatic N) is 1. The Bertz CT molecular complexity index is 1140. The number of hydrogen-bond acceptors (Lipinski definition) is 5. The highest BCUT2D eigenvalue weighted by Crippen LogP contribution is 2.14. The fourth-order valence-corrected chi connectivity index (χ4v) is 4.22. The van der Waals surface area contributed by atoms with Crippen molar-refractivity contribution >= 4 is 22.8 Å². The molecule has 0 aliphatic carbocycles. The minimum Gasteiger partial charge on any atom is -0.489 e.